The highest BCUT2D eigenvalue weighted by atomic mass is 32.2. The molecule has 0 saturated carbocycles. The number of ether oxygens (including phenoxy) is 2. The van der Waals surface area contributed by atoms with E-state index in [1.807, 2.05) is 7.05 Å². The van der Waals surface area contributed by atoms with Crippen molar-refractivity contribution < 1.29 is 22.7 Å². The van der Waals surface area contributed by atoms with Gasteiger partial charge in [0.05, 0.1) is 24.8 Å². The molecule has 0 spiro atoms. The summed E-state index contributed by atoms with van der Waals surface area (Å²) in [6.45, 7) is 1.30. The number of methoxy groups -OCH3 is 2. The van der Waals surface area contributed by atoms with Crippen molar-refractivity contribution in [3.05, 3.63) is 48.5 Å². The van der Waals surface area contributed by atoms with Gasteiger partial charge in [-0.05, 0) is 31.3 Å². The topological polar surface area (TPSA) is 101 Å². The van der Waals surface area contributed by atoms with Gasteiger partial charge < -0.3 is 14.4 Å². The van der Waals surface area contributed by atoms with E-state index in [-0.39, 0.29) is 10.6 Å². The van der Waals surface area contributed by atoms with Gasteiger partial charge in [0, 0.05) is 37.7 Å². The minimum absolute atomic E-state index is 0.0733. The van der Waals surface area contributed by atoms with Crippen LogP contribution in [-0.4, -0.2) is 65.8 Å². The molecule has 32 heavy (non-hydrogen) atoms. The van der Waals surface area contributed by atoms with Crippen molar-refractivity contribution in [2.45, 2.75) is 17.7 Å². The Kier molecular flexibility index (Phi) is 7.70. The molecule has 2 aromatic carbocycles. The fourth-order valence-corrected chi connectivity index (χ4v) is 4.74. The molecule has 0 unspecified atom stereocenters. The van der Waals surface area contributed by atoms with Gasteiger partial charge >= 0.3 is 0 Å². The summed E-state index contributed by atoms with van der Waals surface area (Å²) in [5.41, 5.74) is 3.67. The van der Waals surface area contributed by atoms with Crippen LogP contribution in [0.1, 0.15) is 12.8 Å². The molecule has 0 atom stereocenters. The Morgan fingerprint density at radius 1 is 1.06 bits per heavy atom. The number of hydrogen-bond donors (Lipinski definition) is 1. The summed E-state index contributed by atoms with van der Waals surface area (Å²) in [7, 11) is 0.961. The predicted molar refractivity (Wildman–Crippen MR) is 123 cm³/mol. The largest absolute Gasteiger partial charge is 0.493 e. The number of amides is 1. The molecule has 0 aliphatic carbocycles. The van der Waals surface area contributed by atoms with Gasteiger partial charge in [-0.2, -0.15) is 5.10 Å². The number of nitrogens with one attached hydrogen (secondary N) is 1. The first-order valence-corrected chi connectivity index (χ1v) is 11.6. The standard InChI is InChI=1S/C22H28N4O5S/c1-25-13-11-17(12-14-25)23-24-22(27)16-26(32(28,29)19-7-5-4-6-8-19)18-9-10-20(30-2)21(15-18)31-3/h4-10,15H,11-14,16H2,1-3H3,(H,24,27). The number of anilines is 1. The van der Waals surface area contributed by atoms with E-state index >= 15 is 0 Å². The zero-order valence-corrected chi connectivity index (χ0v) is 19.3. The quantitative estimate of drug-likeness (QED) is 0.606. The molecule has 1 N–H and O–H groups in total. The van der Waals surface area contributed by atoms with Crippen LogP contribution in [0, 0.1) is 0 Å². The third kappa shape index (κ3) is 5.57. The number of piperidine rings is 1. The molecule has 1 fully saturated rings. The molecule has 1 saturated heterocycles. The predicted octanol–water partition coefficient (Wildman–Crippen LogP) is 2.10. The maximum absolute atomic E-state index is 13.4. The Bertz CT molecular complexity index is 1060. The zero-order chi connectivity index (χ0) is 23.1. The van der Waals surface area contributed by atoms with E-state index in [9.17, 15) is 13.2 Å². The van der Waals surface area contributed by atoms with E-state index in [4.69, 9.17) is 9.47 Å². The van der Waals surface area contributed by atoms with Crippen LogP contribution in [0.3, 0.4) is 0 Å². The summed E-state index contributed by atoms with van der Waals surface area (Å²) < 4.78 is 38.4. The molecular weight excluding hydrogens is 432 g/mol. The number of hydrogen-bond acceptors (Lipinski definition) is 7. The second-order valence-electron chi connectivity index (χ2n) is 7.38. The molecular formula is C22H28N4O5S. The lowest BCUT2D eigenvalue weighted by Crippen LogP contribution is -2.40. The Balaban J connectivity index is 1.89. The van der Waals surface area contributed by atoms with Crippen molar-refractivity contribution in [2.24, 2.45) is 5.10 Å². The molecule has 0 radical (unpaired) electrons. The van der Waals surface area contributed by atoms with Crippen LogP contribution in [0.4, 0.5) is 5.69 Å². The summed E-state index contributed by atoms with van der Waals surface area (Å²) in [5.74, 6) is 0.266. The van der Waals surface area contributed by atoms with Gasteiger partial charge in [0.25, 0.3) is 15.9 Å². The Morgan fingerprint density at radius 2 is 1.72 bits per heavy atom. The van der Waals surface area contributed by atoms with Crippen molar-refractivity contribution in [3.8, 4) is 11.5 Å². The molecule has 2 aromatic rings. The van der Waals surface area contributed by atoms with E-state index in [2.05, 4.69) is 15.4 Å². The smallest absolute Gasteiger partial charge is 0.264 e. The van der Waals surface area contributed by atoms with Crippen LogP contribution >= 0.6 is 0 Å². The van der Waals surface area contributed by atoms with E-state index in [1.54, 1.807) is 30.3 Å². The molecule has 10 heteroatoms. The number of benzene rings is 2. The van der Waals surface area contributed by atoms with Gasteiger partial charge in [-0.15, -0.1) is 0 Å². The number of carbonyl (C=O) groups is 1. The summed E-state index contributed by atoms with van der Waals surface area (Å²) >= 11 is 0. The van der Waals surface area contributed by atoms with Crippen molar-refractivity contribution in [1.82, 2.24) is 10.3 Å². The number of carbonyl (C=O) groups excluding carboxylic acids is 1. The van der Waals surface area contributed by atoms with Gasteiger partial charge in [0.1, 0.15) is 6.54 Å². The van der Waals surface area contributed by atoms with Gasteiger partial charge in [0.2, 0.25) is 0 Å². The number of rotatable bonds is 8. The lowest BCUT2D eigenvalue weighted by Gasteiger charge is -2.25. The fraction of sp³-hybridized carbons (Fsp3) is 0.364. The highest BCUT2D eigenvalue weighted by Crippen LogP contribution is 2.33. The average Bonchev–Trinajstić information content (AvgIpc) is 2.82. The highest BCUT2D eigenvalue weighted by Gasteiger charge is 2.28. The lowest BCUT2D eigenvalue weighted by atomic mass is 10.1. The van der Waals surface area contributed by atoms with Crippen LogP contribution < -0.4 is 19.2 Å². The SMILES string of the molecule is COc1ccc(N(CC(=O)NN=C2CCN(C)CC2)S(=O)(=O)c2ccccc2)cc1OC. The summed E-state index contributed by atoms with van der Waals surface area (Å²) in [4.78, 5) is 15.0. The van der Waals surface area contributed by atoms with Gasteiger partial charge in [-0.25, -0.2) is 13.8 Å². The molecule has 1 aliphatic heterocycles. The van der Waals surface area contributed by atoms with Crippen molar-refractivity contribution in [3.63, 3.8) is 0 Å². The first kappa shape index (κ1) is 23.6. The van der Waals surface area contributed by atoms with Crippen LogP contribution in [0.25, 0.3) is 0 Å². The number of likely N-dealkylation sites (tertiary alicyclic amines) is 1. The van der Waals surface area contributed by atoms with E-state index in [0.29, 0.717) is 11.5 Å². The number of hydrazone groups is 1. The van der Waals surface area contributed by atoms with Crippen LogP contribution in [0.15, 0.2) is 58.5 Å². The van der Waals surface area contributed by atoms with Gasteiger partial charge in [0.15, 0.2) is 11.5 Å². The van der Waals surface area contributed by atoms with Gasteiger partial charge in [-0.3, -0.25) is 9.10 Å². The zero-order valence-electron chi connectivity index (χ0n) is 18.4. The van der Waals surface area contributed by atoms with Crippen LogP contribution in [-0.2, 0) is 14.8 Å². The third-order valence-corrected chi connectivity index (χ3v) is 6.96. The first-order chi connectivity index (χ1) is 15.3. The summed E-state index contributed by atoms with van der Waals surface area (Å²) in [6.07, 6.45) is 1.52. The molecule has 172 valence electrons. The molecule has 1 amide bonds. The number of nitrogens with zero attached hydrogens (tertiary/aromatic N) is 3. The molecule has 3 rings (SSSR count). The Morgan fingerprint density at radius 3 is 2.34 bits per heavy atom. The van der Waals surface area contributed by atoms with Crippen molar-refractivity contribution >= 4 is 27.3 Å². The van der Waals surface area contributed by atoms with Gasteiger partial charge in [-0.1, -0.05) is 18.2 Å². The van der Waals surface area contributed by atoms with E-state index in [1.165, 1.54) is 32.4 Å². The molecule has 1 heterocycles. The average molecular weight is 461 g/mol. The second kappa shape index (κ2) is 10.5. The maximum Gasteiger partial charge on any atom is 0.264 e. The normalized spacial score (nSPS) is 14.5. The molecule has 0 bridgehead atoms. The maximum atomic E-state index is 13.4. The highest BCUT2D eigenvalue weighted by molar-refractivity contribution is 7.92. The fourth-order valence-electron chi connectivity index (χ4n) is 3.31. The Labute approximate surface area is 188 Å². The molecule has 0 aromatic heterocycles. The van der Waals surface area contributed by atoms with Crippen molar-refractivity contribution in [1.29, 1.82) is 0 Å². The minimum atomic E-state index is -4.02. The summed E-state index contributed by atoms with van der Waals surface area (Å²) in [6, 6.07) is 12.6. The second-order valence-corrected chi connectivity index (χ2v) is 9.24. The minimum Gasteiger partial charge on any atom is -0.493 e. The van der Waals surface area contributed by atoms with Crippen LogP contribution in [0.2, 0.25) is 0 Å². The van der Waals surface area contributed by atoms with E-state index in [0.717, 1.165) is 35.9 Å². The van der Waals surface area contributed by atoms with E-state index < -0.39 is 22.5 Å². The van der Waals surface area contributed by atoms with Crippen molar-refractivity contribution in [2.75, 3.05) is 45.2 Å². The lowest BCUT2D eigenvalue weighted by molar-refractivity contribution is -0.119. The monoisotopic (exact) mass is 460 g/mol. The third-order valence-electron chi connectivity index (χ3n) is 5.18. The number of sulfonamides is 1. The molecule has 9 nitrogen and oxygen atoms in total. The molecule has 1 aliphatic rings. The Hall–Kier alpha value is -3.11. The summed E-state index contributed by atoms with van der Waals surface area (Å²) in [5, 5.41) is 4.20. The van der Waals surface area contributed by atoms with Crippen LogP contribution in [0.5, 0.6) is 11.5 Å². The first-order valence-electron chi connectivity index (χ1n) is 10.2.